The predicted molar refractivity (Wildman–Crippen MR) is 55.7 cm³/mol. The van der Waals surface area contributed by atoms with Gasteiger partial charge in [-0.2, -0.15) is 4.73 Å². The van der Waals surface area contributed by atoms with Crippen molar-refractivity contribution in [3.05, 3.63) is 41.4 Å². The first-order chi connectivity index (χ1) is 7.09. The number of ether oxygens (including phenoxy) is 1. The Balaban J connectivity index is 2.66. The number of carbonyl (C=O) groups excluding carboxylic acids is 1. The Kier molecular flexibility index (Phi) is 3.85. The van der Waals surface area contributed by atoms with Gasteiger partial charge in [0.1, 0.15) is 0 Å². The second kappa shape index (κ2) is 5.14. The second-order valence-corrected chi connectivity index (χ2v) is 3.27. The molecule has 0 spiro atoms. The molecule has 0 amide bonds. The first-order valence-electron chi connectivity index (χ1n) is 4.66. The van der Waals surface area contributed by atoms with Crippen LogP contribution in [-0.4, -0.2) is 12.1 Å². The highest BCUT2D eigenvalue weighted by atomic mass is 16.5. The van der Waals surface area contributed by atoms with Crippen LogP contribution in [0.1, 0.15) is 19.5 Å². The van der Waals surface area contributed by atoms with E-state index in [1.54, 1.807) is 32.0 Å². The molecule has 0 saturated carbocycles. The number of esters is 1. The Morgan fingerprint density at radius 3 is 2.87 bits per heavy atom. The third kappa shape index (κ3) is 3.81. The van der Waals surface area contributed by atoms with Crippen molar-refractivity contribution in [2.45, 2.75) is 20.0 Å². The molecule has 15 heavy (non-hydrogen) atoms. The van der Waals surface area contributed by atoms with Crippen molar-refractivity contribution in [1.29, 1.82) is 0 Å². The molecule has 1 rings (SSSR count). The third-order valence-corrected chi connectivity index (χ3v) is 1.60. The lowest BCUT2D eigenvalue weighted by molar-refractivity contribution is -0.607. The van der Waals surface area contributed by atoms with Gasteiger partial charge in [-0.05, 0) is 19.9 Å². The van der Waals surface area contributed by atoms with Crippen molar-refractivity contribution in [3.63, 3.8) is 0 Å². The molecule has 4 nitrogen and oxygen atoms in total. The van der Waals surface area contributed by atoms with Crippen LogP contribution in [-0.2, 0) is 9.53 Å². The summed E-state index contributed by atoms with van der Waals surface area (Å²) in [6.45, 7) is 3.53. The average Bonchev–Trinajstić information content (AvgIpc) is 2.15. The molecule has 0 bridgehead atoms. The van der Waals surface area contributed by atoms with Gasteiger partial charge < -0.3 is 9.94 Å². The summed E-state index contributed by atoms with van der Waals surface area (Å²) < 4.78 is 5.55. The molecular formula is C11H13NO3. The molecule has 0 atom stereocenters. The van der Waals surface area contributed by atoms with Crippen LogP contribution in [0.4, 0.5) is 0 Å². The lowest BCUT2D eigenvalue weighted by atomic mass is 10.3. The van der Waals surface area contributed by atoms with E-state index < -0.39 is 5.97 Å². The Morgan fingerprint density at radius 1 is 1.53 bits per heavy atom. The maximum Gasteiger partial charge on any atom is 0.331 e. The van der Waals surface area contributed by atoms with E-state index >= 15 is 0 Å². The largest absolute Gasteiger partial charge is 0.618 e. The van der Waals surface area contributed by atoms with Gasteiger partial charge in [-0.25, -0.2) is 4.79 Å². The summed E-state index contributed by atoms with van der Waals surface area (Å²) in [7, 11) is 0. The zero-order chi connectivity index (χ0) is 11.3. The van der Waals surface area contributed by atoms with Crippen molar-refractivity contribution >= 4 is 12.0 Å². The molecule has 0 radical (unpaired) electrons. The highest BCUT2D eigenvalue weighted by molar-refractivity contribution is 5.86. The molecule has 80 valence electrons. The number of hydrogen-bond donors (Lipinski definition) is 0. The standard InChI is InChI=1S/C11H13NO3/c1-9(2)15-11(13)7-6-10-5-3-4-8-12(10)14/h3-9H,1-2H3/b7-6+. The van der Waals surface area contributed by atoms with Gasteiger partial charge in [-0.15, -0.1) is 0 Å². The molecule has 4 heteroatoms. The summed E-state index contributed by atoms with van der Waals surface area (Å²) in [5.41, 5.74) is 0.401. The molecule has 1 aromatic heterocycles. The van der Waals surface area contributed by atoms with Crippen LogP contribution in [0.2, 0.25) is 0 Å². The SMILES string of the molecule is CC(C)OC(=O)/C=C/c1cccc[n+]1[O-]. The molecule has 1 heterocycles. The molecule has 0 unspecified atom stereocenters. The van der Waals surface area contributed by atoms with Gasteiger partial charge in [0, 0.05) is 24.3 Å². The summed E-state index contributed by atoms with van der Waals surface area (Å²) in [4.78, 5) is 11.1. The first kappa shape index (κ1) is 11.2. The second-order valence-electron chi connectivity index (χ2n) is 3.27. The van der Waals surface area contributed by atoms with E-state index in [-0.39, 0.29) is 6.10 Å². The van der Waals surface area contributed by atoms with E-state index in [1.807, 2.05) is 0 Å². The zero-order valence-corrected chi connectivity index (χ0v) is 8.71. The first-order valence-corrected chi connectivity index (χ1v) is 4.66. The predicted octanol–water partition coefficient (Wildman–Crippen LogP) is 1.28. The molecule has 0 aliphatic carbocycles. The van der Waals surface area contributed by atoms with Crippen LogP contribution < -0.4 is 4.73 Å². The van der Waals surface area contributed by atoms with Gasteiger partial charge in [-0.1, -0.05) is 0 Å². The van der Waals surface area contributed by atoms with Crippen molar-refractivity contribution in [2.24, 2.45) is 0 Å². The number of nitrogens with zero attached hydrogens (tertiary/aromatic N) is 1. The van der Waals surface area contributed by atoms with Gasteiger partial charge in [0.15, 0.2) is 6.20 Å². The maximum absolute atomic E-state index is 11.2. The van der Waals surface area contributed by atoms with Gasteiger partial charge in [0.05, 0.1) is 6.10 Å². The van der Waals surface area contributed by atoms with Gasteiger partial charge in [0.2, 0.25) is 5.69 Å². The van der Waals surface area contributed by atoms with Gasteiger partial charge >= 0.3 is 5.97 Å². The zero-order valence-electron chi connectivity index (χ0n) is 8.71. The maximum atomic E-state index is 11.2. The van der Waals surface area contributed by atoms with Crippen LogP contribution in [0, 0.1) is 5.21 Å². The highest BCUT2D eigenvalue weighted by Crippen LogP contribution is 1.96. The Hall–Kier alpha value is -1.84. The van der Waals surface area contributed by atoms with E-state index in [2.05, 4.69) is 0 Å². The van der Waals surface area contributed by atoms with Crippen LogP contribution in [0.15, 0.2) is 30.5 Å². The fraction of sp³-hybridized carbons (Fsp3) is 0.273. The minimum absolute atomic E-state index is 0.155. The summed E-state index contributed by atoms with van der Waals surface area (Å²) in [5, 5.41) is 11.2. The number of aromatic nitrogens is 1. The lowest BCUT2D eigenvalue weighted by Gasteiger charge is -2.03. The van der Waals surface area contributed by atoms with Crippen molar-refractivity contribution < 1.29 is 14.3 Å². The Labute approximate surface area is 88.4 Å². The van der Waals surface area contributed by atoms with Crippen LogP contribution in [0.3, 0.4) is 0 Å². The number of pyridine rings is 1. The van der Waals surface area contributed by atoms with Crippen LogP contribution in [0.5, 0.6) is 0 Å². The van der Waals surface area contributed by atoms with Crippen molar-refractivity contribution in [3.8, 4) is 0 Å². The van der Waals surface area contributed by atoms with E-state index in [4.69, 9.17) is 4.74 Å². The summed E-state index contributed by atoms with van der Waals surface area (Å²) in [6.07, 6.45) is 3.88. The number of hydrogen-bond acceptors (Lipinski definition) is 3. The highest BCUT2D eigenvalue weighted by Gasteiger charge is 2.02. The molecule has 1 aromatic rings. The Bertz CT molecular complexity index is 372. The molecule has 0 N–H and O–H groups in total. The van der Waals surface area contributed by atoms with E-state index in [1.165, 1.54) is 18.3 Å². The topological polar surface area (TPSA) is 53.2 Å². The molecule has 0 saturated heterocycles. The minimum atomic E-state index is -0.450. The Morgan fingerprint density at radius 2 is 2.27 bits per heavy atom. The van der Waals surface area contributed by atoms with Gasteiger partial charge in [-0.3, -0.25) is 0 Å². The third-order valence-electron chi connectivity index (χ3n) is 1.60. The van der Waals surface area contributed by atoms with E-state index in [9.17, 15) is 10.0 Å². The van der Waals surface area contributed by atoms with Crippen LogP contribution in [0.25, 0.3) is 6.08 Å². The fourth-order valence-electron chi connectivity index (χ4n) is 0.996. The monoisotopic (exact) mass is 207 g/mol. The number of rotatable bonds is 3. The average molecular weight is 207 g/mol. The number of carbonyl (C=O) groups is 1. The minimum Gasteiger partial charge on any atom is -0.618 e. The fourth-order valence-corrected chi connectivity index (χ4v) is 0.996. The lowest BCUT2D eigenvalue weighted by Crippen LogP contribution is -2.28. The van der Waals surface area contributed by atoms with E-state index in [0.717, 1.165) is 0 Å². The summed E-state index contributed by atoms with van der Waals surface area (Å²) in [5.74, 6) is -0.450. The van der Waals surface area contributed by atoms with E-state index in [0.29, 0.717) is 10.4 Å². The molecule has 0 aliphatic heterocycles. The van der Waals surface area contributed by atoms with Crippen molar-refractivity contribution in [2.75, 3.05) is 0 Å². The summed E-state index contributed by atoms with van der Waals surface area (Å²) in [6, 6.07) is 4.96. The van der Waals surface area contributed by atoms with Gasteiger partial charge in [0.25, 0.3) is 0 Å². The quantitative estimate of drug-likeness (QED) is 0.325. The molecule has 0 fully saturated rings. The molecule has 0 aliphatic rings. The van der Waals surface area contributed by atoms with Crippen LogP contribution >= 0.6 is 0 Å². The normalized spacial score (nSPS) is 10.9. The smallest absolute Gasteiger partial charge is 0.331 e. The molecular weight excluding hydrogens is 194 g/mol. The summed E-state index contributed by atoms with van der Waals surface area (Å²) >= 11 is 0. The molecule has 0 aromatic carbocycles. The van der Waals surface area contributed by atoms with Crippen molar-refractivity contribution in [1.82, 2.24) is 0 Å².